The Morgan fingerprint density at radius 3 is 1.88 bits per heavy atom. The van der Waals surface area contributed by atoms with E-state index in [1.807, 2.05) is 0 Å². The van der Waals surface area contributed by atoms with Crippen LogP contribution in [0.5, 0.6) is 0 Å². The van der Waals surface area contributed by atoms with Crippen LogP contribution in [-0.2, 0) is 10.2 Å². The van der Waals surface area contributed by atoms with Crippen molar-refractivity contribution in [1.82, 2.24) is 8.61 Å². The van der Waals surface area contributed by atoms with Gasteiger partial charge in [0.15, 0.2) is 0 Å². The van der Waals surface area contributed by atoms with E-state index < -0.39 is 22.9 Å². The highest BCUT2D eigenvalue weighted by atomic mass is 35.5. The summed E-state index contributed by atoms with van der Waals surface area (Å²) in [6.45, 7) is 1.49. The molecule has 0 aromatic rings. The van der Waals surface area contributed by atoms with Crippen LogP contribution >= 0.6 is 11.6 Å². The van der Waals surface area contributed by atoms with Gasteiger partial charge in [0.2, 0.25) is 0 Å². The lowest BCUT2D eigenvalue weighted by atomic mass is 10.6. The lowest BCUT2D eigenvalue weighted by Crippen LogP contribution is -2.48. The third kappa shape index (κ3) is 5.41. The molecule has 9 heteroatoms. The van der Waals surface area contributed by atoms with Gasteiger partial charge in [0.1, 0.15) is 6.54 Å². The fourth-order valence-electron chi connectivity index (χ4n) is 1.28. The number of alkyl halides is 4. The molecule has 0 unspecified atom stereocenters. The maximum absolute atomic E-state index is 12.3. The van der Waals surface area contributed by atoms with E-state index in [9.17, 15) is 21.6 Å². The first-order valence-corrected chi connectivity index (χ1v) is 7.00. The number of hydrogen-bond donors (Lipinski definition) is 0. The van der Waals surface area contributed by atoms with E-state index in [1.54, 1.807) is 13.8 Å². The number of rotatable bonds is 7. The predicted molar refractivity (Wildman–Crippen MR) is 60.2 cm³/mol. The largest absolute Gasteiger partial charge is 0.402 e. The van der Waals surface area contributed by atoms with E-state index >= 15 is 0 Å². The maximum Gasteiger partial charge on any atom is 0.402 e. The fraction of sp³-hybridized carbons (Fsp3) is 1.00. The minimum atomic E-state index is -4.58. The Kier molecular flexibility index (Phi) is 6.75. The lowest BCUT2D eigenvalue weighted by Gasteiger charge is -2.28. The molecule has 4 nitrogen and oxygen atoms in total. The Hall–Kier alpha value is -0.0500. The predicted octanol–water partition coefficient (Wildman–Crippen LogP) is 1.68. The average Bonchev–Trinajstić information content (AvgIpc) is 2.16. The van der Waals surface area contributed by atoms with E-state index in [4.69, 9.17) is 11.6 Å². The molecule has 0 aromatic carbocycles. The zero-order chi connectivity index (χ0) is 13.7. The molecule has 0 atom stereocenters. The zero-order valence-corrected chi connectivity index (χ0v) is 11.2. The minimum absolute atomic E-state index is 0.121. The topological polar surface area (TPSA) is 40.6 Å². The second kappa shape index (κ2) is 6.77. The summed E-state index contributed by atoms with van der Waals surface area (Å²) in [5, 5.41) is 0. The van der Waals surface area contributed by atoms with Crippen molar-refractivity contribution < 1.29 is 21.6 Å². The summed E-state index contributed by atoms with van der Waals surface area (Å²) >= 11 is 5.33. The van der Waals surface area contributed by atoms with Gasteiger partial charge in [-0.2, -0.15) is 30.2 Å². The normalized spacial score (nSPS) is 13.6. The molecule has 0 rings (SSSR count). The third-order valence-electron chi connectivity index (χ3n) is 2.05. The van der Waals surface area contributed by atoms with Gasteiger partial charge in [0.25, 0.3) is 10.2 Å². The monoisotopic (exact) mass is 296 g/mol. The first kappa shape index (κ1) is 16.9. The standard InChI is InChI=1S/C8H16ClF3N2O2S/c1-3-13(4-2)17(15,16)14(6-5-9)7-8(10,11)12/h3-7H2,1-2H3. The fourth-order valence-corrected chi connectivity index (χ4v) is 3.20. The van der Waals surface area contributed by atoms with Gasteiger partial charge in [-0.15, -0.1) is 11.6 Å². The first-order valence-electron chi connectivity index (χ1n) is 5.07. The van der Waals surface area contributed by atoms with Gasteiger partial charge >= 0.3 is 6.18 Å². The third-order valence-corrected chi connectivity index (χ3v) is 4.35. The van der Waals surface area contributed by atoms with Crippen LogP contribution < -0.4 is 0 Å². The van der Waals surface area contributed by atoms with Crippen LogP contribution in [0.2, 0.25) is 0 Å². The lowest BCUT2D eigenvalue weighted by molar-refractivity contribution is -0.136. The quantitative estimate of drug-likeness (QED) is 0.671. The molecule has 104 valence electrons. The van der Waals surface area contributed by atoms with Crippen LogP contribution in [0.4, 0.5) is 13.2 Å². The summed E-state index contributed by atoms with van der Waals surface area (Å²) in [7, 11) is -4.10. The Morgan fingerprint density at radius 2 is 1.59 bits per heavy atom. The van der Waals surface area contributed by atoms with Gasteiger partial charge < -0.3 is 0 Å². The molecule has 0 fully saturated rings. The molecule has 0 N–H and O–H groups in total. The van der Waals surface area contributed by atoms with Crippen molar-refractivity contribution in [2.75, 3.05) is 32.1 Å². The molecule has 0 aliphatic rings. The number of halogens is 4. The van der Waals surface area contributed by atoms with Crippen LogP contribution in [0, 0.1) is 0 Å². The molecule has 0 heterocycles. The highest BCUT2D eigenvalue weighted by molar-refractivity contribution is 7.86. The van der Waals surface area contributed by atoms with E-state index in [0.29, 0.717) is 4.31 Å². The summed E-state index contributed by atoms with van der Waals surface area (Å²) in [4.78, 5) is 0. The van der Waals surface area contributed by atoms with Gasteiger partial charge in [-0.25, -0.2) is 0 Å². The summed E-state index contributed by atoms with van der Waals surface area (Å²) in [5.41, 5.74) is 0. The van der Waals surface area contributed by atoms with Gasteiger partial charge in [-0.3, -0.25) is 0 Å². The van der Waals surface area contributed by atoms with Gasteiger partial charge in [0.05, 0.1) is 0 Å². The Morgan fingerprint density at radius 1 is 1.12 bits per heavy atom. The second-order valence-corrected chi connectivity index (χ2v) is 5.54. The van der Waals surface area contributed by atoms with Crippen molar-refractivity contribution in [3.8, 4) is 0 Å². The smallest absolute Gasteiger partial charge is 0.195 e. The summed E-state index contributed by atoms with van der Waals surface area (Å²) in [5.74, 6) is -0.184. The van der Waals surface area contributed by atoms with Crippen LogP contribution in [0.3, 0.4) is 0 Å². The van der Waals surface area contributed by atoms with Crippen molar-refractivity contribution in [1.29, 1.82) is 0 Å². The number of hydrogen-bond acceptors (Lipinski definition) is 2. The molecule has 0 saturated carbocycles. The molecule has 0 aliphatic carbocycles. The van der Waals surface area contributed by atoms with Crippen LogP contribution in [0.1, 0.15) is 13.8 Å². The summed E-state index contributed by atoms with van der Waals surface area (Å²) in [6, 6.07) is 0. The highest BCUT2D eigenvalue weighted by Crippen LogP contribution is 2.20. The molecule has 0 aromatic heterocycles. The zero-order valence-electron chi connectivity index (χ0n) is 9.67. The van der Waals surface area contributed by atoms with Crippen LogP contribution in [0.25, 0.3) is 0 Å². The molecular formula is C8H16ClF3N2O2S. The van der Waals surface area contributed by atoms with Crippen LogP contribution in [0.15, 0.2) is 0 Å². The molecular weight excluding hydrogens is 281 g/mol. The molecule has 0 aliphatic heterocycles. The van der Waals surface area contributed by atoms with Crippen molar-refractivity contribution in [2.45, 2.75) is 20.0 Å². The highest BCUT2D eigenvalue weighted by Gasteiger charge is 2.37. The van der Waals surface area contributed by atoms with E-state index in [-0.39, 0.29) is 25.5 Å². The molecule has 0 spiro atoms. The Balaban J connectivity index is 5.03. The molecule has 0 radical (unpaired) electrons. The van der Waals surface area contributed by atoms with Crippen molar-refractivity contribution in [2.24, 2.45) is 0 Å². The van der Waals surface area contributed by atoms with E-state index in [2.05, 4.69) is 0 Å². The van der Waals surface area contributed by atoms with Crippen LogP contribution in [-0.4, -0.2) is 55.3 Å². The second-order valence-electron chi connectivity index (χ2n) is 3.23. The molecule has 0 saturated heterocycles. The molecule has 17 heavy (non-hydrogen) atoms. The maximum atomic E-state index is 12.3. The summed E-state index contributed by atoms with van der Waals surface area (Å²) in [6.07, 6.45) is -4.58. The first-order chi connectivity index (χ1) is 7.69. The molecule has 0 bridgehead atoms. The van der Waals surface area contributed by atoms with E-state index in [0.717, 1.165) is 4.31 Å². The van der Waals surface area contributed by atoms with Gasteiger partial charge in [0, 0.05) is 25.5 Å². The average molecular weight is 297 g/mol. The van der Waals surface area contributed by atoms with Crippen molar-refractivity contribution in [3.05, 3.63) is 0 Å². The summed E-state index contributed by atoms with van der Waals surface area (Å²) < 4.78 is 61.8. The Bertz CT molecular complexity index is 317. The SMILES string of the molecule is CCN(CC)S(=O)(=O)N(CCCl)CC(F)(F)F. The number of nitrogens with zero attached hydrogens (tertiary/aromatic N) is 2. The minimum Gasteiger partial charge on any atom is -0.195 e. The van der Waals surface area contributed by atoms with E-state index in [1.165, 1.54) is 0 Å². The van der Waals surface area contributed by atoms with Gasteiger partial charge in [-0.1, -0.05) is 13.8 Å². The van der Waals surface area contributed by atoms with Crippen molar-refractivity contribution >= 4 is 21.8 Å². The Labute approximate surface area is 105 Å². The van der Waals surface area contributed by atoms with Gasteiger partial charge in [-0.05, 0) is 0 Å². The van der Waals surface area contributed by atoms with Crippen molar-refractivity contribution in [3.63, 3.8) is 0 Å². The molecule has 0 amide bonds.